The lowest BCUT2D eigenvalue weighted by Gasteiger charge is -2.35. The minimum absolute atomic E-state index is 0.444. The smallest absolute Gasteiger partial charge is 0.0471 e. The number of hydrogen-bond donors (Lipinski definition) is 2. The summed E-state index contributed by atoms with van der Waals surface area (Å²) in [6.45, 7) is 6.54. The molecule has 3 heteroatoms. The molecule has 2 bridgehead atoms. The molecule has 3 nitrogen and oxygen atoms in total. The van der Waals surface area contributed by atoms with Gasteiger partial charge in [0, 0.05) is 25.8 Å². The van der Waals surface area contributed by atoms with Gasteiger partial charge in [0.25, 0.3) is 0 Å². The van der Waals surface area contributed by atoms with E-state index in [1.807, 2.05) is 0 Å². The highest BCUT2D eigenvalue weighted by Crippen LogP contribution is 2.47. The molecule has 4 unspecified atom stereocenters. The molecule has 0 radical (unpaired) electrons. The van der Waals surface area contributed by atoms with Crippen LogP contribution in [0.25, 0.3) is 0 Å². The van der Waals surface area contributed by atoms with Gasteiger partial charge in [0.15, 0.2) is 0 Å². The Morgan fingerprint density at radius 1 is 1.22 bits per heavy atom. The molecule has 3 rings (SSSR count). The second-order valence-corrected chi connectivity index (χ2v) is 7.13. The van der Waals surface area contributed by atoms with E-state index in [1.165, 1.54) is 32.1 Å². The largest absolute Gasteiger partial charge is 0.381 e. The van der Waals surface area contributed by atoms with Crippen molar-refractivity contribution in [2.75, 3.05) is 26.3 Å². The molecule has 1 aliphatic heterocycles. The molecule has 2 aliphatic carbocycles. The van der Waals surface area contributed by atoms with Crippen molar-refractivity contribution >= 4 is 0 Å². The molecule has 1 saturated heterocycles. The fourth-order valence-corrected chi connectivity index (χ4v) is 4.34. The second kappa shape index (κ2) is 5.10. The number of hydrogen-bond acceptors (Lipinski definition) is 3. The highest BCUT2D eigenvalue weighted by Gasteiger charge is 2.45. The maximum atomic E-state index is 6.36. The van der Waals surface area contributed by atoms with Crippen LogP contribution in [0, 0.1) is 23.2 Å². The van der Waals surface area contributed by atoms with Crippen LogP contribution >= 0.6 is 0 Å². The van der Waals surface area contributed by atoms with Crippen LogP contribution in [0.2, 0.25) is 0 Å². The second-order valence-electron chi connectivity index (χ2n) is 7.13. The molecule has 4 atom stereocenters. The number of ether oxygens (including phenoxy) is 1. The Morgan fingerprint density at radius 3 is 2.61 bits per heavy atom. The molecule has 0 aromatic carbocycles. The van der Waals surface area contributed by atoms with E-state index in [1.54, 1.807) is 0 Å². The van der Waals surface area contributed by atoms with Gasteiger partial charge in [-0.25, -0.2) is 0 Å². The Labute approximate surface area is 111 Å². The monoisotopic (exact) mass is 252 g/mol. The zero-order chi connectivity index (χ0) is 12.6. The molecule has 0 spiro atoms. The van der Waals surface area contributed by atoms with E-state index in [0.717, 1.165) is 44.1 Å². The average molecular weight is 252 g/mol. The van der Waals surface area contributed by atoms with Crippen molar-refractivity contribution in [2.45, 2.75) is 45.1 Å². The van der Waals surface area contributed by atoms with Crippen LogP contribution in [-0.4, -0.2) is 32.3 Å². The number of rotatable bonds is 4. The minimum Gasteiger partial charge on any atom is -0.381 e. The molecular formula is C15H28N2O. The maximum absolute atomic E-state index is 6.36. The Bertz CT molecular complexity index is 286. The summed E-state index contributed by atoms with van der Waals surface area (Å²) in [4.78, 5) is 0. The van der Waals surface area contributed by atoms with E-state index in [9.17, 15) is 0 Å². The number of nitrogens with one attached hydrogen (secondary N) is 1. The van der Waals surface area contributed by atoms with E-state index in [2.05, 4.69) is 12.2 Å². The van der Waals surface area contributed by atoms with E-state index >= 15 is 0 Å². The third-order valence-corrected chi connectivity index (χ3v) is 5.79. The molecule has 0 aromatic heterocycles. The molecule has 3 aliphatic rings. The van der Waals surface area contributed by atoms with Gasteiger partial charge in [-0.2, -0.15) is 0 Å². The molecule has 1 heterocycles. The Balaban J connectivity index is 1.44. The van der Waals surface area contributed by atoms with Crippen LogP contribution < -0.4 is 11.1 Å². The van der Waals surface area contributed by atoms with Crippen molar-refractivity contribution in [2.24, 2.45) is 28.9 Å². The molecule has 0 amide bonds. The van der Waals surface area contributed by atoms with Gasteiger partial charge in [-0.15, -0.1) is 0 Å². The Morgan fingerprint density at radius 2 is 1.94 bits per heavy atom. The van der Waals surface area contributed by atoms with Crippen LogP contribution in [-0.2, 0) is 4.74 Å². The predicted molar refractivity (Wildman–Crippen MR) is 73.3 cm³/mol. The summed E-state index contributed by atoms with van der Waals surface area (Å²) in [7, 11) is 0. The first kappa shape index (κ1) is 12.9. The summed E-state index contributed by atoms with van der Waals surface area (Å²) in [6, 6.07) is 0.471. The fourth-order valence-electron chi connectivity index (χ4n) is 4.34. The van der Waals surface area contributed by atoms with Gasteiger partial charge < -0.3 is 15.8 Å². The van der Waals surface area contributed by atoms with Crippen molar-refractivity contribution in [1.29, 1.82) is 0 Å². The van der Waals surface area contributed by atoms with E-state index in [4.69, 9.17) is 10.5 Å². The lowest BCUT2D eigenvalue weighted by molar-refractivity contribution is 0.0234. The Hall–Kier alpha value is -0.120. The third kappa shape index (κ3) is 2.45. The summed E-state index contributed by atoms with van der Waals surface area (Å²) in [6.07, 6.45) is 6.61. The number of nitrogens with two attached hydrogens (primary N) is 1. The standard InChI is InChI=1S/C15H28N2O/c1-15(4-6-18-7-5-15)10-17-9-13-11-2-3-12(8-11)14(13)16/h11-14,17H,2-10,16H2,1H3. The molecule has 18 heavy (non-hydrogen) atoms. The number of fused-ring (bicyclic) bond motifs is 2. The lowest BCUT2D eigenvalue weighted by Crippen LogP contribution is -2.44. The highest BCUT2D eigenvalue weighted by molar-refractivity contribution is 4.99. The zero-order valence-electron chi connectivity index (χ0n) is 11.7. The van der Waals surface area contributed by atoms with Crippen LogP contribution in [0.4, 0.5) is 0 Å². The molecule has 2 saturated carbocycles. The van der Waals surface area contributed by atoms with Gasteiger partial charge in [-0.3, -0.25) is 0 Å². The Kier molecular flexibility index (Phi) is 3.65. The van der Waals surface area contributed by atoms with Gasteiger partial charge in [-0.05, 0) is 61.8 Å². The molecule has 3 fully saturated rings. The summed E-state index contributed by atoms with van der Waals surface area (Å²) in [5, 5.41) is 3.72. The SMILES string of the molecule is CC1(CNCC2C3CCC(C3)C2N)CCOCC1. The first-order chi connectivity index (χ1) is 8.68. The van der Waals surface area contributed by atoms with Crippen LogP contribution in [0.5, 0.6) is 0 Å². The van der Waals surface area contributed by atoms with Gasteiger partial charge in [-0.1, -0.05) is 6.92 Å². The van der Waals surface area contributed by atoms with Crippen molar-refractivity contribution in [1.82, 2.24) is 5.32 Å². The summed E-state index contributed by atoms with van der Waals surface area (Å²) in [5.41, 5.74) is 6.80. The normalized spacial score (nSPS) is 42.3. The van der Waals surface area contributed by atoms with Crippen molar-refractivity contribution in [3.05, 3.63) is 0 Å². The van der Waals surface area contributed by atoms with Crippen molar-refractivity contribution in [3.63, 3.8) is 0 Å². The minimum atomic E-state index is 0.444. The maximum Gasteiger partial charge on any atom is 0.0471 e. The van der Waals surface area contributed by atoms with Gasteiger partial charge in [0.05, 0.1) is 0 Å². The van der Waals surface area contributed by atoms with Crippen LogP contribution in [0.15, 0.2) is 0 Å². The summed E-state index contributed by atoms with van der Waals surface area (Å²) in [5.74, 6) is 2.49. The van der Waals surface area contributed by atoms with Crippen LogP contribution in [0.1, 0.15) is 39.0 Å². The van der Waals surface area contributed by atoms with E-state index < -0.39 is 0 Å². The quantitative estimate of drug-likeness (QED) is 0.801. The highest BCUT2D eigenvalue weighted by atomic mass is 16.5. The molecular weight excluding hydrogens is 224 g/mol. The fraction of sp³-hybridized carbons (Fsp3) is 1.00. The zero-order valence-corrected chi connectivity index (χ0v) is 11.7. The van der Waals surface area contributed by atoms with Crippen molar-refractivity contribution in [3.8, 4) is 0 Å². The summed E-state index contributed by atoms with van der Waals surface area (Å²) >= 11 is 0. The van der Waals surface area contributed by atoms with Crippen molar-refractivity contribution < 1.29 is 4.74 Å². The molecule has 104 valence electrons. The first-order valence-electron chi connectivity index (χ1n) is 7.72. The third-order valence-electron chi connectivity index (χ3n) is 5.79. The van der Waals surface area contributed by atoms with Gasteiger partial charge in [0.2, 0.25) is 0 Å². The molecule has 3 N–H and O–H groups in total. The van der Waals surface area contributed by atoms with E-state index in [-0.39, 0.29) is 0 Å². The summed E-state index contributed by atoms with van der Waals surface area (Å²) < 4.78 is 5.45. The predicted octanol–water partition coefficient (Wildman–Crippen LogP) is 1.77. The topological polar surface area (TPSA) is 47.3 Å². The molecule has 0 aromatic rings. The first-order valence-corrected chi connectivity index (χ1v) is 7.72. The average Bonchev–Trinajstić information content (AvgIpc) is 2.93. The van der Waals surface area contributed by atoms with Gasteiger partial charge >= 0.3 is 0 Å². The van der Waals surface area contributed by atoms with Crippen LogP contribution in [0.3, 0.4) is 0 Å². The van der Waals surface area contributed by atoms with Gasteiger partial charge in [0.1, 0.15) is 0 Å². The lowest BCUT2D eigenvalue weighted by atomic mass is 9.81. The van der Waals surface area contributed by atoms with E-state index in [0.29, 0.717) is 11.5 Å².